The van der Waals surface area contributed by atoms with E-state index in [0.717, 1.165) is 23.3 Å². The molecule has 0 amide bonds. The molecule has 0 atom stereocenters. The molecule has 1 aromatic rings. The molecule has 1 rings (SSSR count). The zero-order valence-corrected chi connectivity index (χ0v) is 10.2. The smallest absolute Gasteiger partial charge is 0.133 e. The number of rotatable bonds is 3. The number of hydrogen-bond donors (Lipinski definition) is 1. The van der Waals surface area contributed by atoms with Crippen molar-refractivity contribution >= 4 is 12.2 Å². The molecule has 0 aliphatic heterocycles. The second-order valence-corrected chi connectivity index (χ2v) is 4.32. The molecule has 14 heavy (non-hydrogen) atoms. The van der Waals surface area contributed by atoms with Crippen LogP contribution in [0.5, 0.6) is 0 Å². The molecule has 0 aliphatic rings. The first-order valence-corrected chi connectivity index (χ1v) is 5.56. The van der Waals surface area contributed by atoms with Gasteiger partial charge in [0.1, 0.15) is 10.5 Å². The van der Waals surface area contributed by atoms with Crippen LogP contribution in [0.4, 0.5) is 0 Å². The van der Waals surface area contributed by atoms with Gasteiger partial charge in [0, 0.05) is 17.7 Å². The normalized spacial score (nSPS) is 10.9. The molecule has 0 aliphatic carbocycles. The van der Waals surface area contributed by atoms with Gasteiger partial charge in [-0.05, 0) is 19.3 Å². The van der Waals surface area contributed by atoms with Crippen LogP contribution in [0.25, 0.3) is 0 Å². The van der Waals surface area contributed by atoms with E-state index in [1.54, 1.807) is 0 Å². The quantitative estimate of drug-likeness (QED) is 0.773. The van der Waals surface area contributed by atoms with Crippen molar-refractivity contribution in [2.24, 2.45) is 0 Å². The fourth-order valence-electron chi connectivity index (χ4n) is 1.69. The van der Waals surface area contributed by atoms with E-state index < -0.39 is 0 Å². The maximum absolute atomic E-state index is 5.29. The first-order valence-electron chi connectivity index (χ1n) is 5.16. The molecule has 0 saturated carbocycles. The lowest BCUT2D eigenvalue weighted by molar-refractivity contribution is 0.773. The summed E-state index contributed by atoms with van der Waals surface area (Å²) in [6.45, 7) is 8.51. The molecule has 1 N–H and O–H groups in total. The Labute approximate surface area is 90.8 Å². The molecule has 0 fully saturated rings. The summed E-state index contributed by atoms with van der Waals surface area (Å²) < 4.78 is 0.764. The van der Waals surface area contributed by atoms with Crippen LogP contribution in [-0.4, -0.2) is 9.97 Å². The molecule has 78 valence electrons. The van der Waals surface area contributed by atoms with E-state index >= 15 is 0 Å². The first kappa shape index (κ1) is 11.4. The first-order chi connectivity index (χ1) is 6.56. The zero-order valence-electron chi connectivity index (χ0n) is 9.35. The van der Waals surface area contributed by atoms with Crippen LogP contribution in [0.15, 0.2) is 0 Å². The van der Waals surface area contributed by atoms with Crippen molar-refractivity contribution in [1.82, 2.24) is 9.97 Å². The predicted molar refractivity (Wildman–Crippen MR) is 62.2 cm³/mol. The Morgan fingerprint density at radius 3 is 2.50 bits per heavy atom. The molecule has 0 saturated heterocycles. The molecule has 3 heteroatoms. The van der Waals surface area contributed by atoms with Crippen molar-refractivity contribution in [3.8, 4) is 0 Å². The molecule has 0 unspecified atom stereocenters. The van der Waals surface area contributed by atoms with Gasteiger partial charge in [-0.3, -0.25) is 0 Å². The van der Waals surface area contributed by atoms with Gasteiger partial charge in [0.25, 0.3) is 0 Å². The van der Waals surface area contributed by atoms with Crippen molar-refractivity contribution in [2.45, 2.75) is 46.5 Å². The Bertz CT molecular complexity index is 366. The Morgan fingerprint density at radius 1 is 1.43 bits per heavy atom. The maximum Gasteiger partial charge on any atom is 0.133 e. The lowest BCUT2D eigenvalue weighted by atomic mass is 10.0. The molecule has 1 aromatic heterocycles. The van der Waals surface area contributed by atoms with E-state index in [1.165, 1.54) is 11.3 Å². The third-order valence-corrected chi connectivity index (χ3v) is 2.58. The molecule has 0 bridgehead atoms. The molecule has 2 nitrogen and oxygen atoms in total. The summed E-state index contributed by atoms with van der Waals surface area (Å²) in [5.41, 5.74) is 2.35. The standard InChI is InChI=1S/C11H18N2S/c1-5-6-9-12-8(4)10(7(2)3)11(14)13-9/h7H,5-6H2,1-4H3,(H,12,13,14). The van der Waals surface area contributed by atoms with Crippen LogP contribution in [0.3, 0.4) is 0 Å². The van der Waals surface area contributed by atoms with Crippen LogP contribution >= 0.6 is 12.2 Å². The lowest BCUT2D eigenvalue weighted by Crippen LogP contribution is -2.04. The highest BCUT2D eigenvalue weighted by Crippen LogP contribution is 2.18. The monoisotopic (exact) mass is 210 g/mol. The number of nitrogens with zero attached hydrogens (tertiary/aromatic N) is 1. The van der Waals surface area contributed by atoms with Crippen LogP contribution in [0, 0.1) is 11.6 Å². The highest BCUT2D eigenvalue weighted by atomic mass is 32.1. The summed E-state index contributed by atoms with van der Waals surface area (Å²) in [7, 11) is 0. The Hall–Kier alpha value is -0.700. The number of aryl methyl sites for hydroxylation is 2. The van der Waals surface area contributed by atoms with Crippen molar-refractivity contribution < 1.29 is 0 Å². The summed E-state index contributed by atoms with van der Waals surface area (Å²) in [5, 5.41) is 0. The summed E-state index contributed by atoms with van der Waals surface area (Å²) in [5.74, 6) is 1.46. The van der Waals surface area contributed by atoms with Gasteiger partial charge >= 0.3 is 0 Å². The van der Waals surface area contributed by atoms with E-state index in [4.69, 9.17) is 12.2 Å². The van der Waals surface area contributed by atoms with Crippen molar-refractivity contribution in [1.29, 1.82) is 0 Å². The van der Waals surface area contributed by atoms with Gasteiger partial charge in [-0.25, -0.2) is 4.98 Å². The fraction of sp³-hybridized carbons (Fsp3) is 0.636. The number of nitrogens with one attached hydrogen (secondary N) is 1. The van der Waals surface area contributed by atoms with E-state index in [-0.39, 0.29) is 0 Å². The molecule has 1 heterocycles. The van der Waals surface area contributed by atoms with Gasteiger partial charge < -0.3 is 4.98 Å². The van der Waals surface area contributed by atoms with E-state index in [9.17, 15) is 0 Å². The van der Waals surface area contributed by atoms with Gasteiger partial charge in [0.15, 0.2) is 0 Å². The molecule has 0 radical (unpaired) electrons. The lowest BCUT2D eigenvalue weighted by Gasteiger charge is -2.11. The van der Waals surface area contributed by atoms with Crippen molar-refractivity contribution in [3.63, 3.8) is 0 Å². The summed E-state index contributed by atoms with van der Waals surface area (Å²) >= 11 is 5.29. The van der Waals surface area contributed by atoms with E-state index in [0.29, 0.717) is 5.92 Å². The minimum absolute atomic E-state index is 0.446. The average molecular weight is 210 g/mol. The third kappa shape index (κ3) is 2.41. The highest BCUT2D eigenvalue weighted by molar-refractivity contribution is 7.71. The van der Waals surface area contributed by atoms with Crippen molar-refractivity contribution in [2.75, 3.05) is 0 Å². The minimum atomic E-state index is 0.446. The van der Waals surface area contributed by atoms with Crippen LogP contribution < -0.4 is 0 Å². The SMILES string of the molecule is CCCc1nc(=S)c(C(C)C)c(C)[nH]1. The fourth-order valence-corrected chi connectivity index (χ4v) is 2.19. The summed E-state index contributed by atoms with van der Waals surface area (Å²) in [6, 6.07) is 0. The van der Waals surface area contributed by atoms with Gasteiger partial charge in [-0.2, -0.15) is 0 Å². The van der Waals surface area contributed by atoms with E-state index in [1.807, 2.05) is 0 Å². The third-order valence-electron chi connectivity index (χ3n) is 2.27. The van der Waals surface area contributed by atoms with Gasteiger partial charge in [-0.1, -0.05) is 33.0 Å². The summed E-state index contributed by atoms with van der Waals surface area (Å²) in [6.07, 6.45) is 2.07. The Kier molecular flexibility index (Phi) is 3.81. The number of aromatic amines is 1. The molecular formula is C11H18N2S. The number of H-pyrrole nitrogens is 1. The van der Waals surface area contributed by atoms with Gasteiger partial charge in [0.2, 0.25) is 0 Å². The summed E-state index contributed by atoms with van der Waals surface area (Å²) in [4.78, 5) is 7.73. The average Bonchev–Trinajstić information content (AvgIpc) is 2.01. The number of hydrogen-bond acceptors (Lipinski definition) is 2. The van der Waals surface area contributed by atoms with E-state index in [2.05, 4.69) is 37.7 Å². The van der Waals surface area contributed by atoms with Gasteiger partial charge in [0.05, 0.1) is 0 Å². The highest BCUT2D eigenvalue weighted by Gasteiger charge is 2.08. The largest absolute Gasteiger partial charge is 0.347 e. The van der Waals surface area contributed by atoms with Gasteiger partial charge in [-0.15, -0.1) is 0 Å². The van der Waals surface area contributed by atoms with Crippen LogP contribution in [0.1, 0.15) is 50.2 Å². The zero-order chi connectivity index (χ0) is 10.7. The molecule has 0 spiro atoms. The topological polar surface area (TPSA) is 28.7 Å². The molecular weight excluding hydrogens is 192 g/mol. The predicted octanol–water partition coefficient (Wildman–Crippen LogP) is 3.52. The second kappa shape index (κ2) is 4.69. The molecule has 0 aromatic carbocycles. The van der Waals surface area contributed by atoms with Crippen molar-refractivity contribution in [3.05, 3.63) is 21.7 Å². The van der Waals surface area contributed by atoms with Crippen LogP contribution in [0.2, 0.25) is 0 Å². The Balaban J connectivity index is 3.19. The number of aromatic nitrogens is 2. The second-order valence-electron chi connectivity index (χ2n) is 3.93. The van der Waals surface area contributed by atoms with Crippen LogP contribution in [-0.2, 0) is 6.42 Å². The minimum Gasteiger partial charge on any atom is -0.347 e. The Morgan fingerprint density at radius 2 is 2.07 bits per heavy atom. The maximum atomic E-state index is 5.29.